The highest BCUT2D eigenvalue weighted by atomic mass is 127. The van der Waals surface area contributed by atoms with Gasteiger partial charge in [-0.15, -0.1) is 0 Å². The van der Waals surface area contributed by atoms with Gasteiger partial charge < -0.3 is 20.1 Å². The average molecular weight is 647 g/mol. The Morgan fingerprint density at radius 3 is 2.52 bits per heavy atom. The molecule has 1 saturated heterocycles. The number of halogens is 2. The number of carbonyl (C=O) groups excluding carboxylic acids is 3. The molecule has 0 atom stereocenters. The Bertz CT molecular complexity index is 1050. The van der Waals surface area contributed by atoms with Crippen LogP contribution in [-0.4, -0.2) is 43.0 Å². The number of benzene rings is 2. The molecule has 31 heavy (non-hydrogen) atoms. The molecule has 0 saturated carbocycles. The summed E-state index contributed by atoms with van der Waals surface area (Å²) in [4.78, 5) is 38.3. The number of methoxy groups -OCH3 is 1. The maximum atomic E-state index is 12.7. The smallest absolute Gasteiger partial charge is 0.329 e. The number of ether oxygens (including phenoxy) is 2. The number of para-hydroxylation sites is 2. The van der Waals surface area contributed by atoms with Gasteiger partial charge in [-0.2, -0.15) is 0 Å². The normalized spacial score (nSPS) is 14.6. The predicted octanol–water partition coefficient (Wildman–Crippen LogP) is 3.83. The fourth-order valence-corrected chi connectivity index (χ4v) is 5.04. The third kappa shape index (κ3) is 5.47. The predicted molar refractivity (Wildman–Crippen MR) is 133 cm³/mol. The summed E-state index contributed by atoms with van der Waals surface area (Å²) < 4.78 is 12.6. The van der Waals surface area contributed by atoms with Crippen LogP contribution >= 0.6 is 45.2 Å². The van der Waals surface area contributed by atoms with Gasteiger partial charge in [-0.25, -0.2) is 9.69 Å². The van der Waals surface area contributed by atoms with Gasteiger partial charge in [0.15, 0.2) is 0 Å². The van der Waals surface area contributed by atoms with Crippen LogP contribution in [-0.2, 0) is 9.59 Å². The minimum absolute atomic E-state index is 0.103. The first-order valence-electron chi connectivity index (χ1n) is 9.23. The first-order valence-corrected chi connectivity index (χ1v) is 11.4. The van der Waals surface area contributed by atoms with E-state index < -0.39 is 24.4 Å². The minimum atomic E-state index is -0.651. The summed E-state index contributed by atoms with van der Waals surface area (Å²) in [6.45, 7) is 2.04. The van der Waals surface area contributed by atoms with Crippen LogP contribution in [0.2, 0.25) is 0 Å². The number of carbonyl (C=O) groups is 3. The number of nitrogens with zero attached hydrogens (tertiary/aromatic N) is 1. The van der Waals surface area contributed by atoms with Gasteiger partial charge >= 0.3 is 6.03 Å². The zero-order chi connectivity index (χ0) is 22.5. The molecule has 1 fully saturated rings. The molecular weight excluding hydrogens is 628 g/mol. The number of amides is 4. The molecule has 0 aromatic heterocycles. The quantitative estimate of drug-likeness (QED) is 0.271. The van der Waals surface area contributed by atoms with E-state index in [2.05, 4.69) is 55.8 Å². The molecule has 1 aliphatic rings. The zero-order valence-corrected chi connectivity index (χ0v) is 21.0. The second-order valence-corrected chi connectivity index (χ2v) is 8.70. The highest BCUT2D eigenvalue weighted by Gasteiger charge is 2.35. The third-order valence-electron chi connectivity index (χ3n) is 4.27. The number of anilines is 1. The maximum absolute atomic E-state index is 12.7. The Kier molecular flexibility index (Phi) is 7.75. The molecule has 0 bridgehead atoms. The Balaban J connectivity index is 1.74. The highest BCUT2D eigenvalue weighted by molar-refractivity contribution is 14.1. The molecule has 2 aromatic carbocycles. The zero-order valence-electron chi connectivity index (χ0n) is 16.7. The van der Waals surface area contributed by atoms with E-state index in [1.165, 1.54) is 7.11 Å². The van der Waals surface area contributed by atoms with Crippen LogP contribution in [0.3, 0.4) is 0 Å². The molecule has 4 amide bonds. The van der Waals surface area contributed by atoms with Crippen LogP contribution in [0.5, 0.6) is 11.5 Å². The average Bonchev–Trinajstić information content (AvgIpc) is 2.98. The van der Waals surface area contributed by atoms with E-state index in [0.717, 1.165) is 23.4 Å². The molecule has 0 radical (unpaired) electrons. The summed E-state index contributed by atoms with van der Waals surface area (Å²) in [7, 11) is 1.49. The number of imide groups is 1. The third-order valence-corrected chi connectivity index (χ3v) is 5.87. The minimum Gasteiger partial charge on any atom is -0.495 e. The lowest BCUT2D eigenvalue weighted by atomic mass is 10.2. The summed E-state index contributed by atoms with van der Waals surface area (Å²) in [6, 6.07) is 9.95. The van der Waals surface area contributed by atoms with Crippen molar-refractivity contribution < 1.29 is 23.9 Å². The molecule has 2 aromatic rings. The van der Waals surface area contributed by atoms with E-state index in [9.17, 15) is 14.4 Å². The molecule has 3 rings (SSSR count). The summed E-state index contributed by atoms with van der Waals surface area (Å²) >= 11 is 4.32. The fraction of sp³-hybridized carbons (Fsp3) is 0.190. The molecule has 1 heterocycles. The highest BCUT2D eigenvalue weighted by Crippen LogP contribution is 2.30. The first kappa shape index (κ1) is 23.3. The van der Waals surface area contributed by atoms with Gasteiger partial charge in [0.2, 0.25) is 5.91 Å². The molecule has 162 valence electrons. The van der Waals surface area contributed by atoms with Crippen molar-refractivity contribution in [1.29, 1.82) is 0 Å². The second kappa shape index (κ2) is 10.3. The van der Waals surface area contributed by atoms with Gasteiger partial charge in [-0.05, 0) is 88.0 Å². The molecule has 2 N–H and O–H groups in total. The molecule has 10 heteroatoms. The molecule has 0 unspecified atom stereocenters. The lowest BCUT2D eigenvalue weighted by Crippen LogP contribution is -2.38. The van der Waals surface area contributed by atoms with E-state index >= 15 is 0 Å². The van der Waals surface area contributed by atoms with Crippen molar-refractivity contribution in [2.75, 3.05) is 25.6 Å². The van der Waals surface area contributed by atoms with Crippen molar-refractivity contribution in [3.63, 3.8) is 0 Å². The summed E-state index contributed by atoms with van der Waals surface area (Å²) in [6.07, 6.45) is 1.58. The van der Waals surface area contributed by atoms with E-state index in [-0.39, 0.29) is 5.70 Å². The number of rotatable bonds is 7. The van der Waals surface area contributed by atoms with E-state index in [1.807, 2.05) is 19.1 Å². The van der Waals surface area contributed by atoms with E-state index in [4.69, 9.17) is 9.47 Å². The van der Waals surface area contributed by atoms with Crippen molar-refractivity contribution in [3.8, 4) is 11.5 Å². The Morgan fingerprint density at radius 1 is 1.19 bits per heavy atom. The summed E-state index contributed by atoms with van der Waals surface area (Å²) in [5, 5.41) is 5.18. The lowest BCUT2D eigenvalue weighted by Gasteiger charge is -2.13. The van der Waals surface area contributed by atoms with E-state index in [1.54, 1.807) is 30.3 Å². The van der Waals surface area contributed by atoms with Crippen molar-refractivity contribution in [2.24, 2.45) is 0 Å². The number of urea groups is 1. The number of hydrogen-bond acceptors (Lipinski definition) is 5. The van der Waals surface area contributed by atoms with Crippen LogP contribution < -0.4 is 20.1 Å². The van der Waals surface area contributed by atoms with Crippen LogP contribution in [0.25, 0.3) is 6.08 Å². The van der Waals surface area contributed by atoms with Crippen molar-refractivity contribution >= 4 is 74.8 Å². The van der Waals surface area contributed by atoms with Crippen molar-refractivity contribution in [1.82, 2.24) is 10.2 Å². The van der Waals surface area contributed by atoms with Gasteiger partial charge in [0.25, 0.3) is 5.91 Å². The fourth-order valence-electron chi connectivity index (χ4n) is 2.91. The summed E-state index contributed by atoms with van der Waals surface area (Å²) in [5.41, 5.74) is 1.29. The van der Waals surface area contributed by atoms with Gasteiger partial charge in [0, 0.05) is 0 Å². The van der Waals surface area contributed by atoms with Crippen molar-refractivity contribution in [3.05, 3.63) is 54.8 Å². The summed E-state index contributed by atoms with van der Waals surface area (Å²) in [5.74, 6) is 0.175. The SMILES string of the molecule is CCOc1c(I)cc(/C=C2/NC(=O)N(CC(=O)Nc3ccccc3OC)C2=O)cc1I. The molecule has 8 nitrogen and oxygen atoms in total. The molecule has 1 aliphatic heterocycles. The molecular formula is C21H19I2N3O5. The van der Waals surface area contributed by atoms with Gasteiger partial charge in [-0.1, -0.05) is 12.1 Å². The topological polar surface area (TPSA) is 97.0 Å². The molecule has 0 spiro atoms. The Hall–Kier alpha value is -2.35. The second-order valence-electron chi connectivity index (χ2n) is 6.37. The van der Waals surface area contributed by atoms with Gasteiger partial charge in [-0.3, -0.25) is 9.59 Å². The first-order chi connectivity index (χ1) is 14.8. The van der Waals surface area contributed by atoms with Crippen LogP contribution in [0, 0.1) is 7.14 Å². The largest absolute Gasteiger partial charge is 0.495 e. The van der Waals surface area contributed by atoms with Gasteiger partial charge in [0.05, 0.1) is 26.5 Å². The van der Waals surface area contributed by atoms with Crippen LogP contribution in [0.1, 0.15) is 12.5 Å². The van der Waals surface area contributed by atoms with E-state index in [0.29, 0.717) is 18.0 Å². The van der Waals surface area contributed by atoms with Crippen LogP contribution in [0.15, 0.2) is 42.1 Å². The maximum Gasteiger partial charge on any atom is 0.329 e. The Morgan fingerprint density at radius 2 is 1.87 bits per heavy atom. The standard InChI is InChI=1S/C21H19I2N3O5/c1-3-31-19-13(22)8-12(9-14(19)23)10-16-20(28)26(21(29)25-16)11-18(27)24-15-6-4-5-7-17(15)30-2/h4-10H,3,11H2,1-2H3,(H,24,27)(H,25,29)/b16-10+. The monoisotopic (exact) mass is 647 g/mol. The number of nitrogens with one attached hydrogen (secondary N) is 2. The molecule has 0 aliphatic carbocycles. The van der Waals surface area contributed by atoms with Gasteiger partial charge in [0.1, 0.15) is 23.7 Å². The lowest BCUT2D eigenvalue weighted by molar-refractivity contribution is -0.127. The van der Waals surface area contributed by atoms with Crippen molar-refractivity contribution in [2.45, 2.75) is 6.92 Å². The Labute approximate surface area is 206 Å². The number of hydrogen-bond donors (Lipinski definition) is 2. The van der Waals surface area contributed by atoms with Crippen LogP contribution in [0.4, 0.5) is 10.5 Å².